The monoisotopic (exact) mass is 450 g/mol. The standard InChI is InChI=1S/C29H38O4/c30-29(33-22-3-1-2-6-31-22)32-12-16-8-15-9-17(16)26-21-11-20(25(15)26)27-18-10-19(28(21)27)24-14-5-4-13(7-14)23(18)24/h4-5,13-28H,1-3,6-12H2. The fraction of sp³-hybridized carbons (Fsp3) is 0.897. The van der Waals surface area contributed by atoms with Gasteiger partial charge < -0.3 is 14.2 Å². The van der Waals surface area contributed by atoms with Gasteiger partial charge >= 0.3 is 6.16 Å². The summed E-state index contributed by atoms with van der Waals surface area (Å²) in [6.45, 7) is 1.27. The van der Waals surface area contributed by atoms with E-state index in [9.17, 15) is 4.79 Å². The van der Waals surface area contributed by atoms with Gasteiger partial charge in [0, 0.05) is 6.42 Å². The summed E-state index contributed by atoms with van der Waals surface area (Å²) in [7, 11) is 0. The van der Waals surface area contributed by atoms with Crippen LogP contribution in [0.2, 0.25) is 0 Å². The lowest BCUT2D eigenvalue weighted by molar-refractivity contribution is -0.144. The van der Waals surface area contributed by atoms with Crippen LogP contribution in [0.4, 0.5) is 4.79 Å². The van der Waals surface area contributed by atoms with Crippen LogP contribution in [0.25, 0.3) is 0 Å². The van der Waals surface area contributed by atoms with Crippen LogP contribution in [0.5, 0.6) is 0 Å². The van der Waals surface area contributed by atoms with Crippen molar-refractivity contribution in [2.45, 2.75) is 57.7 Å². The Bertz CT molecular complexity index is 892. The second kappa shape index (κ2) is 6.59. The molecule has 9 rings (SSSR count). The quantitative estimate of drug-likeness (QED) is 0.322. The first kappa shape index (κ1) is 19.2. The molecule has 16 unspecified atom stereocenters. The van der Waals surface area contributed by atoms with E-state index in [0.717, 1.165) is 102 Å². The zero-order chi connectivity index (χ0) is 21.4. The van der Waals surface area contributed by atoms with E-state index < -0.39 is 6.16 Å². The maximum Gasteiger partial charge on any atom is 0.510 e. The van der Waals surface area contributed by atoms with Gasteiger partial charge in [0.25, 0.3) is 0 Å². The van der Waals surface area contributed by atoms with E-state index in [1.165, 1.54) is 19.3 Å². The lowest BCUT2D eigenvalue weighted by Gasteiger charge is -2.50. The fourth-order valence-electron chi connectivity index (χ4n) is 12.9. The molecule has 8 aliphatic carbocycles. The highest BCUT2D eigenvalue weighted by atomic mass is 16.8. The third-order valence-electron chi connectivity index (χ3n) is 13.1. The molecule has 4 heteroatoms. The molecule has 0 aromatic rings. The smallest absolute Gasteiger partial charge is 0.434 e. The van der Waals surface area contributed by atoms with Gasteiger partial charge in [-0.05, 0) is 134 Å². The van der Waals surface area contributed by atoms with Crippen LogP contribution in [-0.4, -0.2) is 25.7 Å². The molecule has 0 spiro atoms. The lowest BCUT2D eigenvalue weighted by Crippen LogP contribution is -2.47. The van der Waals surface area contributed by atoms with Gasteiger partial charge in [-0.25, -0.2) is 4.79 Å². The minimum Gasteiger partial charge on any atom is -0.434 e. The number of carbonyl (C=O) groups is 1. The third-order valence-corrected chi connectivity index (χ3v) is 13.1. The number of hydrogen-bond donors (Lipinski definition) is 0. The van der Waals surface area contributed by atoms with E-state index in [4.69, 9.17) is 14.2 Å². The summed E-state index contributed by atoms with van der Waals surface area (Å²) in [6.07, 6.45) is 14.6. The van der Waals surface area contributed by atoms with Crippen molar-refractivity contribution >= 4 is 6.16 Å². The first-order chi connectivity index (χ1) is 16.3. The first-order valence-electron chi connectivity index (χ1n) is 14.4. The SMILES string of the molecule is O=C(OCC1CC2CC1C1C3CC(C21)C1C2CC(C4C5C=CC(C5)C24)C31)OC1CCCCO1. The highest BCUT2D eigenvalue weighted by Crippen LogP contribution is 2.81. The molecule has 0 aromatic heterocycles. The summed E-state index contributed by atoms with van der Waals surface area (Å²) >= 11 is 0. The molecule has 7 saturated carbocycles. The van der Waals surface area contributed by atoms with E-state index in [0.29, 0.717) is 19.1 Å². The zero-order valence-electron chi connectivity index (χ0n) is 19.6. The van der Waals surface area contributed by atoms with Crippen LogP contribution in [-0.2, 0) is 14.2 Å². The van der Waals surface area contributed by atoms with Crippen molar-refractivity contribution < 1.29 is 19.0 Å². The molecule has 0 radical (unpaired) electrons. The fourth-order valence-corrected chi connectivity index (χ4v) is 12.9. The molecule has 1 aliphatic heterocycles. The van der Waals surface area contributed by atoms with Crippen molar-refractivity contribution in [2.75, 3.05) is 13.2 Å². The largest absolute Gasteiger partial charge is 0.510 e. The third kappa shape index (κ3) is 2.36. The van der Waals surface area contributed by atoms with E-state index in [1.54, 1.807) is 12.8 Å². The van der Waals surface area contributed by atoms with Crippen molar-refractivity contribution in [1.82, 2.24) is 0 Å². The summed E-state index contributed by atoms with van der Waals surface area (Å²) in [5, 5.41) is 0. The van der Waals surface area contributed by atoms with Crippen LogP contribution in [0.15, 0.2) is 12.2 Å². The van der Waals surface area contributed by atoms with Crippen LogP contribution in [0.1, 0.15) is 51.4 Å². The summed E-state index contributed by atoms with van der Waals surface area (Å²) in [6, 6.07) is 0. The molecule has 8 bridgehead atoms. The molecule has 0 N–H and O–H groups in total. The zero-order valence-corrected chi connectivity index (χ0v) is 19.6. The Morgan fingerprint density at radius 1 is 0.758 bits per heavy atom. The summed E-state index contributed by atoms with van der Waals surface area (Å²) in [4.78, 5) is 12.3. The van der Waals surface area contributed by atoms with Crippen LogP contribution < -0.4 is 0 Å². The average Bonchev–Trinajstić information content (AvgIpc) is 3.67. The normalized spacial score (nSPS) is 62.1. The predicted molar refractivity (Wildman–Crippen MR) is 121 cm³/mol. The second-order valence-electron chi connectivity index (χ2n) is 13.7. The maximum absolute atomic E-state index is 12.3. The molecule has 178 valence electrons. The summed E-state index contributed by atoms with van der Waals surface area (Å²) in [5.41, 5.74) is 0. The van der Waals surface area contributed by atoms with Crippen molar-refractivity contribution in [3.8, 4) is 0 Å². The van der Waals surface area contributed by atoms with Crippen LogP contribution in [0.3, 0.4) is 0 Å². The van der Waals surface area contributed by atoms with Crippen molar-refractivity contribution in [1.29, 1.82) is 0 Å². The summed E-state index contributed by atoms with van der Waals surface area (Å²) < 4.78 is 16.7. The second-order valence-corrected chi connectivity index (χ2v) is 13.7. The van der Waals surface area contributed by atoms with E-state index in [-0.39, 0.29) is 6.29 Å². The number of carbonyl (C=O) groups excluding carboxylic acids is 1. The van der Waals surface area contributed by atoms with Gasteiger partial charge in [-0.15, -0.1) is 0 Å². The Morgan fingerprint density at radius 3 is 2.18 bits per heavy atom. The van der Waals surface area contributed by atoms with Crippen LogP contribution in [0, 0.1) is 88.8 Å². The van der Waals surface area contributed by atoms with Gasteiger partial charge in [0.1, 0.15) is 0 Å². The first-order valence-corrected chi connectivity index (χ1v) is 14.4. The molecule has 0 aromatic carbocycles. The summed E-state index contributed by atoms with van der Waals surface area (Å²) in [5.74, 6) is 14.6. The highest BCUT2D eigenvalue weighted by Gasteiger charge is 2.75. The molecule has 33 heavy (non-hydrogen) atoms. The molecule has 1 heterocycles. The number of ether oxygens (including phenoxy) is 3. The molecule has 8 fully saturated rings. The molecule has 16 atom stereocenters. The van der Waals surface area contributed by atoms with Crippen molar-refractivity contribution in [2.24, 2.45) is 88.8 Å². The Hall–Kier alpha value is -1.03. The molecule has 4 nitrogen and oxygen atoms in total. The van der Waals surface area contributed by atoms with Gasteiger partial charge in [-0.2, -0.15) is 0 Å². The van der Waals surface area contributed by atoms with Gasteiger partial charge in [-0.1, -0.05) is 12.2 Å². The lowest BCUT2D eigenvalue weighted by atomic mass is 9.54. The molecular formula is C29H38O4. The topological polar surface area (TPSA) is 44.8 Å². The average molecular weight is 451 g/mol. The molecule has 0 amide bonds. The van der Waals surface area contributed by atoms with Gasteiger partial charge in [0.15, 0.2) is 0 Å². The minimum atomic E-state index is -0.502. The number of rotatable bonds is 3. The highest BCUT2D eigenvalue weighted by molar-refractivity contribution is 5.60. The number of allylic oxidation sites excluding steroid dienone is 2. The Kier molecular flexibility index (Phi) is 3.83. The maximum atomic E-state index is 12.3. The van der Waals surface area contributed by atoms with Crippen molar-refractivity contribution in [3.05, 3.63) is 12.2 Å². The molecule has 9 aliphatic rings. The van der Waals surface area contributed by atoms with Crippen molar-refractivity contribution in [3.63, 3.8) is 0 Å². The minimum absolute atomic E-state index is 0.388. The Labute approximate surface area is 197 Å². The number of fused-ring (bicyclic) bond motifs is 23. The van der Waals surface area contributed by atoms with Crippen LogP contribution >= 0.6 is 0 Å². The molecule has 1 saturated heterocycles. The Balaban J connectivity index is 0.903. The predicted octanol–water partition coefficient (Wildman–Crippen LogP) is 5.52. The molecular weight excluding hydrogens is 412 g/mol. The Morgan fingerprint density at radius 2 is 1.45 bits per heavy atom. The van der Waals surface area contributed by atoms with E-state index in [1.807, 2.05) is 0 Å². The van der Waals surface area contributed by atoms with Gasteiger partial charge in [0.05, 0.1) is 13.2 Å². The van der Waals surface area contributed by atoms with Gasteiger partial charge in [-0.3, -0.25) is 0 Å². The van der Waals surface area contributed by atoms with E-state index in [2.05, 4.69) is 12.2 Å². The van der Waals surface area contributed by atoms with E-state index >= 15 is 0 Å². The van der Waals surface area contributed by atoms with Gasteiger partial charge in [0.2, 0.25) is 6.29 Å². The number of hydrogen-bond acceptors (Lipinski definition) is 4.